The monoisotopic (exact) mass is 251 g/mol. The topological polar surface area (TPSA) is 29.4 Å². The third-order valence-electron chi connectivity index (χ3n) is 3.43. The first-order chi connectivity index (χ1) is 8.13. The Hall–Kier alpha value is -1.12. The van der Waals surface area contributed by atoms with Gasteiger partial charge in [-0.15, -0.1) is 11.8 Å². The highest BCUT2D eigenvalue weighted by atomic mass is 32.2. The Bertz CT molecular complexity index is 490. The molecule has 1 aromatic carbocycles. The van der Waals surface area contributed by atoms with E-state index in [2.05, 4.69) is 4.99 Å². The first-order valence-electron chi connectivity index (χ1n) is 5.56. The number of isocyanates is 1. The summed E-state index contributed by atoms with van der Waals surface area (Å²) in [5.74, 6) is -0.265. The maximum Gasteiger partial charge on any atom is 0.235 e. The molecule has 0 amide bonds. The van der Waals surface area contributed by atoms with E-state index >= 15 is 0 Å². The third-order valence-corrected chi connectivity index (χ3v) is 4.31. The second-order valence-corrected chi connectivity index (χ2v) is 5.24. The van der Waals surface area contributed by atoms with Gasteiger partial charge in [0.1, 0.15) is 11.4 Å². The molecule has 0 atom stereocenters. The highest BCUT2D eigenvalue weighted by molar-refractivity contribution is 7.98. The zero-order valence-corrected chi connectivity index (χ0v) is 10.7. The van der Waals surface area contributed by atoms with E-state index in [9.17, 15) is 9.18 Å². The fraction of sp³-hybridized carbons (Fsp3) is 0.462. The molecule has 1 aliphatic rings. The summed E-state index contributed by atoms with van der Waals surface area (Å²) in [6.07, 6.45) is 5.99. The smallest absolute Gasteiger partial charge is 0.211 e. The van der Waals surface area contributed by atoms with Gasteiger partial charge in [-0.25, -0.2) is 9.18 Å². The molecular formula is C13H14FNOS. The van der Waals surface area contributed by atoms with Crippen molar-refractivity contribution in [2.24, 2.45) is 4.99 Å². The third kappa shape index (κ3) is 2.03. The number of nitrogens with zero attached hydrogens (tertiary/aromatic N) is 1. The molecule has 4 heteroatoms. The van der Waals surface area contributed by atoms with Crippen molar-refractivity contribution in [2.45, 2.75) is 36.6 Å². The van der Waals surface area contributed by atoms with Crippen molar-refractivity contribution in [1.82, 2.24) is 0 Å². The average molecular weight is 251 g/mol. The summed E-state index contributed by atoms with van der Waals surface area (Å²) in [6.45, 7) is 1.88. The van der Waals surface area contributed by atoms with Crippen molar-refractivity contribution in [2.75, 3.05) is 6.26 Å². The zero-order chi connectivity index (χ0) is 12.5. The normalized spacial score (nSPS) is 17.1. The molecule has 0 spiro atoms. The van der Waals surface area contributed by atoms with Gasteiger partial charge in [-0.05, 0) is 50.1 Å². The maximum absolute atomic E-state index is 14.0. The van der Waals surface area contributed by atoms with Crippen LogP contribution in [0.1, 0.15) is 30.4 Å². The van der Waals surface area contributed by atoms with Crippen molar-refractivity contribution in [3.05, 3.63) is 29.1 Å². The zero-order valence-electron chi connectivity index (χ0n) is 9.92. The van der Waals surface area contributed by atoms with Gasteiger partial charge in [0.05, 0.1) is 0 Å². The summed E-state index contributed by atoms with van der Waals surface area (Å²) in [5.41, 5.74) is 0.814. The highest BCUT2D eigenvalue weighted by Gasteiger charge is 2.41. The Morgan fingerprint density at radius 3 is 2.65 bits per heavy atom. The molecule has 0 saturated heterocycles. The van der Waals surface area contributed by atoms with Gasteiger partial charge < -0.3 is 0 Å². The molecule has 1 aromatic rings. The van der Waals surface area contributed by atoms with Crippen LogP contribution in [-0.4, -0.2) is 12.3 Å². The molecule has 0 unspecified atom stereocenters. The summed E-state index contributed by atoms with van der Waals surface area (Å²) in [5, 5.41) is 0. The van der Waals surface area contributed by atoms with E-state index in [0.717, 1.165) is 29.7 Å². The summed E-state index contributed by atoms with van der Waals surface area (Å²) in [6, 6.07) is 3.36. The van der Waals surface area contributed by atoms with Gasteiger partial charge >= 0.3 is 0 Å². The number of aryl methyl sites for hydroxylation is 1. The molecule has 0 bridgehead atoms. The Labute approximate surface area is 104 Å². The molecule has 2 rings (SSSR count). The van der Waals surface area contributed by atoms with Gasteiger partial charge in [-0.2, -0.15) is 4.99 Å². The number of benzene rings is 1. The lowest BCUT2D eigenvalue weighted by Crippen LogP contribution is -2.33. The van der Waals surface area contributed by atoms with Crippen LogP contribution in [0.25, 0.3) is 0 Å². The van der Waals surface area contributed by atoms with E-state index in [0.29, 0.717) is 5.56 Å². The maximum atomic E-state index is 14.0. The van der Waals surface area contributed by atoms with E-state index in [4.69, 9.17) is 0 Å². The summed E-state index contributed by atoms with van der Waals surface area (Å²) < 4.78 is 14.0. The first-order valence-corrected chi connectivity index (χ1v) is 6.79. The second-order valence-electron chi connectivity index (χ2n) is 4.39. The van der Waals surface area contributed by atoms with Crippen molar-refractivity contribution < 1.29 is 9.18 Å². The van der Waals surface area contributed by atoms with Crippen LogP contribution in [0.4, 0.5) is 4.39 Å². The molecule has 0 aliphatic heterocycles. The lowest BCUT2D eigenvalue weighted by molar-refractivity contribution is 0.247. The van der Waals surface area contributed by atoms with Gasteiger partial charge in [0.25, 0.3) is 0 Å². The Balaban J connectivity index is 2.54. The minimum atomic E-state index is -0.649. The number of thioether (sulfide) groups is 1. The lowest BCUT2D eigenvalue weighted by atomic mass is 9.72. The number of halogens is 1. The van der Waals surface area contributed by atoms with Crippen LogP contribution in [0.15, 0.2) is 22.0 Å². The summed E-state index contributed by atoms with van der Waals surface area (Å²) >= 11 is 1.58. The van der Waals surface area contributed by atoms with Gasteiger partial charge in [-0.3, -0.25) is 0 Å². The molecule has 1 saturated carbocycles. The number of carbonyl (C=O) groups excluding carboxylic acids is 1. The van der Waals surface area contributed by atoms with E-state index < -0.39 is 5.54 Å². The van der Waals surface area contributed by atoms with Crippen molar-refractivity contribution in [3.63, 3.8) is 0 Å². The molecule has 1 fully saturated rings. The Kier molecular flexibility index (Phi) is 3.36. The number of aliphatic imine (C=N–C) groups is 1. The molecule has 0 heterocycles. The predicted octanol–water partition coefficient (Wildman–Crippen LogP) is 3.57. The fourth-order valence-corrected chi connectivity index (χ4v) is 2.89. The molecule has 0 aromatic heterocycles. The first kappa shape index (κ1) is 12.3. The van der Waals surface area contributed by atoms with Crippen LogP contribution < -0.4 is 0 Å². The van der Waals surface area contributed by atoms with Crippen LogP contribution in [0, 0.1) is 12.7 Å². The summed E-state index contributed by atoms with van der Waals surface area (Å²) in [7, 11) is 0. The molecule has 1 aliphatic carbocycles. The molecule has 0 radical (unpaired) electrons. The van der Waals surface area contributed by atoms with Crippen LogP contribution >= 0.6 is 11.8 Å². The van der Waals surface area contributed by atoms with Crippen molar-refractivity contribution in [1.29, 1.82) is 0 Å². The fourth-order valence-electron chi connectivity index (χ4n) is 2.27. The van der Waals surface area contributed by atoms with E-state index in [-0.39, 0.29) is 5.82 Å². The number of hydrogen-bond donors (Lipinski definition) is 0. The molecule has 90 valence electrons. The van der Waals surface area contributed by atoms with Crippen molar-refractivity contribution >= 4 is 17.8 Å². The van der Waals surface area contributed by atoms with Crippen LogP contribution in [-0.2, 0) is 10.3 Å². The van der Waals surface area contributed by atoms with E-state index in [1.807, 2.05) is 19.2 Å². The Morgan fingerprint density at radius 1 is 1.47 bits per heavy atom. The van der Waals surface area contributed by atoms with E-state index in [1.54, 1.807) is 17.8 Å². The Morgan fingerprint density at radius 2 is 2.18 bits per heavy atom. The van der Waals surface area contributed by atoms with Crippen LogP contribution in [0.3, 0.4) is 0 Å². The lowest BCUT2D eigenvalue weighted by Gasteiger charge is -2.37. The quantitative estimate of drug-likeness (QED) is 0.467. The predicted molar refractivity (Wildman–Crippen MR) is 66.6 cm³/mol. The highest BCUT2D eigenvalue weighted by Crippen LogP contribution is 2.46. The number of hydrogen-bond acceptors (Lipinski definition) is 3. The minimum Gasteiger partial charge on any atom is -0.211 e. The van der Waals surface area contributed by atoms with Crippen LogP contribution in [0.5, 0.6) is 0 Å². The molecular weight excluding hydrogens is 237 g/mol. The molecule has 0 N–H and O–H groups in total. The van der Waals surface area contributed by atoms with Gasteiger partial charge in [-0.1, -0.05) is 0 Å². The SMILES string of the molecule is CSc1cc(C2(N=C=O)CCC2)c(F)cc1C. The van der Waals surface area contributed by atoms with Crippen LogP contribution in [0.2, 0.25) is 0 Å². The summed E-state index contributed by atoms with van der Waals surface area (Å²) in [4.78, 5) is 15.4. The number of rotatable bonds is 3. The standard InChI is InChI=1S/C13H14FNOS/c1-9-6-11(14)10(7-12(9)17-2)13(15-8-16)4-3-5-13/h6-7H,3-5H2,1-2H3. The molecule has 2 nitrogen and oxygen atoms in total. The van der Waals surface area contributed by atoms with Gasteiger partial charge in [0.2, 0.25) is 6.08 Å². The van der Waals surface area contributed by atoms with E-state index in [1.165, 1.54) is 6.07 Å². The van der Waals surface area contributed by atoms with Crippen molar-refractivity contribution in [3.8, 4) is 0 Å². The molecule has 17 heavy (non-hydrogen) atoms. The second kappa shape index (κ2) is 4.63. The van der Waals surface area contributed by atoms with Gasteiger partial charge in [0.15, 0.2) is 0 Å². The minimum absolute atomic E-state index is 0.265. The van der Waals surface area contributed by atoms with Gasteiger partial charge in [0, 0.05) is 10.5 Å². The largest absolute Gasteiger partial charge is 0.235 e. The average Bonchev–Trinajstić information content (AvgIpc) is 2.24.